The molecule has 0 saturated heterocycles. The van der Waals surface area contributed by atoms with Crippen molar-refractivity contribution in [3.8, 4) is 0 Å². The van der Waals surface area contributed by atoms with Gasteiger partial charge in [-0.15, -0.1) is 0 Å². The fourth-order valence-corrected chi connectivity index (χ4v) is 1.51. The van der Waals surface area contributed by atoms with E-state index in [0.29, 0.717) is 16.3 Å². The molecule has 0 aliphatic heterocycles. The lowest BCUT2D eigenvalue weighted by atomic mass is 10.1. The number of benzene rings is 1. The summed E-state index contributed by atoms with van der Waals surface area (Å²) in [5.74, 6) is -0.125. The third kappa shape index (κ3) is 2.20. The first kappa shape index (κ1) is 10.6. The zero-order chi connectivity index (χ0) is 11.5. The maximum Gasteiger partial charge on any atom is 0.186 e. The normalized spacial score (nSPS) is 10.3. The molecule has 2 N–H and O–H groups in total. The Morgan fingerprint density at radius 3 is 2.94 bits per heavy atom. The highest BCUT2D eigenvalue weighted by Crippen LogP contribution is 2.18. The van der Waals surface area contributed by atoms with E-state index in [0.717, 1.165) is 0 Å². The number of nitrogens with two attached hydrogens (primary N) is 1. The van der Waals surface area contributed by atoms with Crippen LogP contribution in [0.3, 0.4) is 0 Å². The average molecular weight is 237 g/mol. The summed E-state index contributed by atoms with van der Waals surface area (Å²) in [6.07, 6.45) is 2.85. The van der Waals surface area contributed by atoms with Crippen LogP contribution in [0.5, 0.6) is 0 Å². The van der Waals surface area contributed by atoms with Gasteiger partial charge in [0.05, 0.1) is 0 Å². The molecular formula is C10H9ClN4O. The summed E-state index contributed by atoms with van der Waals surface area (Å²) >= 11 is 5.75. The molecule has 5 nitrogen and oxygen atoms in total. The SMILES string of the molecule is Nc1cc(Cl)ccc1C(=O)Cn1cncn1. The number of halogens is 1. The number of Topliss-reactive ketones (excluding diaryl/α,β-unsaturated/α-hetero) is 1. The van der Waals surface area contributed by atoms with Crippen LogP contribution in [0, 0.1) is 0 Å². The molecule has 1 heterocycles. The second-order valence-electron chi connectivity index (χ2n) is 3.25. The van der Waals surface area contributed by atoms with Gasteiger partial charge in [0.15, 0.2) is 5.78 Å². The lowest BCUT2D eigenvalue weighted by Gasteiger charge is -2.04. The summed E-state index contributed by atoms with van der Waals surface area (Å²) in [5.41, 5.74) is 6.52. The van der Waals surface area contributed by atoms with Crippen molar-refractivity contribution in [2.24, 2.45) is 0 Å². The summed E-state index contributed by atoms with van der Waals surface area (Å²) in [7, 11) is 0. The molecule has 1 aromatic heterocycles. The van der Waals surface area contributed by atoms with E-state index in [-0.39, 0.29) is 12.3 Å². The van der Waals surface area contributed by atoms with Crippen molar-refractivity contribution >= 4 is 23.1 Å². The van der Waals surface area contributed by atoms with Crippen LogP contribution in [-0.4, -0.2) is 20.5 Å². The van der Waals surface area contributed by atoms with Gasteiger partial charge >= 0.3 is 0 Å². The van der Waals surface area contributed by atoms with Crippen LogP contribution in [-0.2, 0) is 6.54 Å². The summed E-state index contributed by atoms with van der Waals surface area (Å²) < 4.78 is 1.44. The van der Waals surface area contributed by atoms with E-state index in [2.05, 4.69) is 10.1 Å². The van der Waals surface area contributed by atoms with Gasteiger partial charge in [-0.25, -0.2) is 9.67 Å². The smallest absolute Gasteiger partial charge is 0.186 e. The van der Waals surface area contributed by atoms with Gasteiger partial charge in [-0.2, -0.15) is 5.10 Å². The highest BCUT2D eigenvalue weighted by molar-refractivity contribution is 6.31. The lowest BCUT2D eigenvalue weighted by molar-refractivity contribution is 0.0968. The summed E-state index contributed by atoms with van der Waals surface area (Å²) in [4.78, 5) is 15.6. The Bertz CT molecular complexity index is 510. The number of hydrogen-bond donors (Lipinski definition) is 1. The van der Waals surface area contributed by atoms with Gasteiger partial charge in [0.25, 0.3) is 0 Å². The average Bonchev–Trinajstić information content (AvgIpc) is 2.70. The molecular weight excluding hydrogens is 228 g/mol. The first-order chi connectivity index (χ1) is 7.66. The van der Waals surface area contributed by atoms with Crippen molar-refractivity contribution in [3.05, 3.63) is 41.4 Å². The summed E-state index contributed by atoms with van der Waals surface area (Å²) in [6.45, 7) is 0.117. The number of ketones is 1. The van der Waals surface area contributed by atoms with Crippen molar-refractivity contribution < 1.29 is 4.79 Å². The zero-order valence-electron chi connectivity index (χ0n) is 8.30. The van der Waals surface area contributed by atoms with E-state index < -0.39 is 0 Å². The quantitative estimate of drug-likeness (QED) is 0.646. The predicted octanol–water partition coefficient (Wildman–Crippen LogP) is 1.40. The van der Waals surface area contributed by atoms with Gasteiger partial charge in [0.1, 0.15) is 19.2 Å². The van der Waals surface area contributed by atoms with Crippen LogP contribution in [0.15, 0.2) is 30.9 Å². The maximum atomic E-state index is 11.8. The van der Waals surface area contributed by atoms with E-state index in [4.69, 9.17) is 17.3 Å². The van der Waals surface area contributed by atoms with E-state index >= 15 is 0 Å². The molecule has 2 rings (SSSR count). The monoisotopic (exact) mass is 236 g/mol. The standard InChI is InChI=1S/C10H9ClN4O/c11-7-1-2-8(9(12)3-7)10(16)4-15-6-13-5-14-15/h1-3,5-6H,4,12H2. The number of aromatic nitrogens is 3. The van der Waals surface area contributed by atoms with Crippen LogP contribution in [0.4, 0.5) is 5.69 Å². The predicted molar refractivity (Wildman–Crippen MR) is 60.2 cm³/mol. The fraction of sp³-hybridized carbons (Fsp3) is 0.100. The van der Waals surface area contributed by atoms with Gasteiger partial charge in [-0.05, 0) is 18.2 Å². The number of nitrogens with zero attached hydrogens (tertiary/aromatic N) is 3. The molecule has 2 aromatic rings. The van der Waals surface area contributed by atoms with Gasteiger partial charge in [-0.3, -0.25) is 4.79 Å². The number of carbonyl (C=O) groups is 1. The molecule has 0 aliphatic rings. The molecule has 0 amide bonds. The van der Waals surface area contributed by atoms with Crippen LogP contribution in [0.1, 0.15) is 10.4 Å². The molecule has 0 unspecified atom stereocenters. The van der Waals surface area contributed by atoms with Crippen molar-refractivity contribution in [1.82, 2.24) is 14.8 Å². The van der Waals surface area contributed by atoms with E-state index in [1.165, 1.54) is 17.3 Å². The Labute approximate surface area is 96.8 Å². The molecule has 0 radical (unpaired) electrons. The molecule has 0 atom stereocenters. The zero-order valence-corrected chi connectivity index (χ0v) is 9.05. The molecule has 0 saturated carbocycles. The Morgan fingerprint density at radius 1 is 1.50 bits per heavy atom. The number of anilines is 1. The number of nitrogen functional groups attached to an aromatic ring is 1. The van der Waals surface area contributed by atoms with Gasteiger partial charge in [0.2, 0.25) is 0 Å². The van der Waals surface area contributed by atoms with Crippen molar-refractivity contribution in [2.75, 3.05) is 5.73 Å². The van der Waals surface area contributed by atoms with E-state index in [9.17, 15) is 4.79 Å². The van der Waals surface area contributed by atoms with Crippen molar-refractivity contribution in [1.29, 1.82) is 0 Å². The van der Waals surface area contributed by atoms with Crippen LogP contribution in [0.2, 0.25) is 5.02 Å². The topological polar surface area (TPSA) is 73.8 Å². The van der Waals surface area contributed by atoms with Gasteiger partial charge < -0.3 is 5.73 Å². The molecule has 0 fully saturated rings. The Kier molecular flexibility index (Phi) is 2.87. The minimum atomic E-state index is -0.125. The minimum Gasteiger partial charge on any atom is -0.398 e. The molecule has 82 valence electrons. The van der Waals surface area contributed by atoms with Crippen LogP contribution >= 0.6 is 11.6 Å². The Balaban J connectivity index is 2.21. The van der Waals surface area contributed by atoms with E-state index in [1.807, 2.05) is 0 Å². The minimum absolute atomic E-state index is 0.117. The highest BCUT2D eigenvalue weighted by Gasteiger charge is 2.10. The van der Waals surface area contributed by atoms with Crippen molar-refractivity contribution in [3.63, 3.8) is 0 Å². The largest absolute Gasteiger partial charge is 0.398 e. The molecule has 6 heteroatoms. The lowest BCUT2D eigenvalue weighted by Crippen LogP contribution is -2.12. The number of carbonyl (C=O) groups excluding carboxylic acids is 1. The second-order valence-corrected chi connectivity index (χ2v) is 3.68. The molecule has 0 bridgehead atoms. The maximum absolute atomic E-state index is 11.8. The van der Waals surface area contributed by atoms with Gasteiger partial charge in [0, 0.05) is 16.3 Å². The highest BCUT2D eigenvalue weighted by atomic mass is 35.5. The Morgan fingerprint density at radius 2 is 2.31 bits per heavy atom. The number of hydrogen-bond acceptors (Lipinski definition) is 4. The molecule has 0 aliphatic carbocycles. The number of rotatable bonds is 3. The first-order valence-electron chi connectivity index (χ1n) is 4.57. The van der Waals surface area contributed by atoms with E-state index in [1.54, 1.807) is 18.2 Å². The van der Waals surface area contributed by atoms with Crippen molar-refractivity contribution in [2.45, 2.75) is 6.54 Å². The Hall–Kier alpha value is -1.88. The summed E-state index contributed by atoms with van der Waals surface area (Å²) in [5, 5.41) is 4.36. The molecule has 1 aromatic carbocycles. The first-order valence-corrected chi connectivity index (χ1v) is 4.95. The summed E-state index contributed by atoms with van der Waals surface area (Å²) in [6, 6.07) is 4.79. The molecule has 16 heavy (non-hydrogen) atoms. The van der Waals surface area contributed by atoms with Gasteiger partial charge in [-0.1, -0.05) is 11.6 Å². The third-order valence-corrected chi connectivity index (χ3v) is 2.32. The fourth-order valence-electron chi connectivity index (χ4n) is 1.33. The molecule has 0 spiro atoms. The third-order valence-electron chi connectivity index (χ3n) is 2.09. The van der Waals surface area contributed by atoms with Crippen LogP contribution < -0.4 is 5.73 Å². The second kappa shape index (κ2) is 4.32. The van der Waals surface area contributed by atoms with Crippen LogP contribution in [0.25, 0.3) is 0 Å².